The van der Waals surface area contributed by atoms with Crippen molar-refractivity contribution in [3.8, 4) is 0 Å². The first-order valence-electron chi connectivity index (χ1n) is 21.7. The van der Waals surface area contributed by atoms with E-state index in [0.717, 1.165) is 38.5 Å². The summed E-state index contributed by atoms with van der Waals surface area (Å²) in [7, 11) is 0. The number of hydrogen-bond acceptors (Lipinski definition) is 6. The number of hydrogen-bond donors (Lipinski definition) is 6. The number of rotatable bonds is 39. The van der Waals surface area contributed by atoms with E-state index in [9.17, 15) is 30.3 Å². The van der Waals surface area contributed by atoms with E-state index in [1.807, 2.05) is 0 Å². The summed E-state index contributed by atoms with van der Waals surface area (Å²) in [6.07, 6.45) is 36.9. The van der Waals surface area contributed by atoms with Crippen molar-refractivity contribution < 1.29 is 30.3 Å². The van der Waals surface area contributed by atoms with Crippen LogP contribution >= 0.6 is 0 Å². The molecule has 0 rings (SSSR count). The van der Waals surface area contributed by atoms with E-state index in [4.69, 9.17) is 0 Å². The molecule has 5 atom stereocenters. The van der Waals surface area contributed by atoms with Crippen molar-refractivity contribution in [3.05, 3.63) is 12.2 Å². The second-order valence-electron chi connectivity index (χ2n) is 15.2. The molecule has 0 aromatic carbocycles. The second-order valence-corrected chi connectivity index (χ2v) is 15.2. The van der Waals surface area contributed by atoms with Crippen LogP contribution in [0.4, 0.5) is 0 Å². The minimum absolute atomic E-state index is 0.319. The fraction of sp³-hybridized carbons (Fsp3) is 0.930. The molecule has 0 bridgehead atoms. The molecule has 298 valence electrons. The Balaban J connectivity index is 3.84. The Morgan fingerprint density at radius 2 is 0.820 bits per heavy atom. The molecule has 0 aromatic heterocycles. The Bertz CT molecular complexity index is 734. The largest absolute Gasteiger partial charge is 0.394 e. The lowest BCUT2D eigenvalue weighted by Gasteiger charge is -2.28. The number of aliphatic hydroxyl groups excluding tert-OH is 5. The highest BCUT2D eigenvalue weighted by Crippen LogP contribution is 2.17. The van der Waals surface area contributed by atoms with E-state index in [-0.39, 0.29) is 0 Å². The van der Waals surface area contributed by atoms with Gasteiger partial charge in [0.25, 0.3) is 5.91 Å². The molecule has 1 amide bonds. The molecule has 0 spiro atoms. The lowest BCUT2D eigenvalue weighted by molar-refractivity contribution is -0.138. The minimum Gasteiger partial charge on any atom is -0.394 e. The molecule has 0 unspecified atom stereocenters. The molecule has 6 N–H and O–H groups in total. The fourth-order valence-corrected chi connectivity index (χ4v) is 6.77. The van der Waals surface area contributed by atoms with Gasteiger partial charge in [0.05, 0.1) is 24.9 Å². The summed E-state index contributed by atoms with van der Waals surface area (Å²) in [5.41, 5.74) is 0. The van der Waals surface area contributed by atoms with Gasteiger partial charge < -0.3 is 30.8 Å². The second kappa shape index (κ2) is 37.8. The number of amides is 1. The Hall–Kier alpha value is -0.990. The summed E-state index contributed by atoms with van der Waals surface area (Å²) >= 11 is 0. The van der Waals surface area contributed by atoms with Gasteiger partial charge >= 0.3 is 0 Å². The van der Waals surface area contributed by atoms with Gasteiger partial charge in [0.1, 0.15) is 6.10 Å². The van der Waals surface area contributed by atoms with E-state index in [0.29, 0.717) is 12.8 Å². The van der Waals surface area contributed by atoms with Crippen molar-refractivity contribution in [2.45, 2.75) is 250 Å². The molecule has 7 heteroatoms. The first-order chi connectivity index (χ1) is 24.4. The average molecular weight is 712 g/mol. The molecule has 0 radical (unpaired) electrons. The number of carbonyl (C=O) groups excluding carboxylic acids is 1. The number of carbonyl (C=O) groups is 1. The molecular formula is C43H85NO6. The normalized spacial score (nSPS) is 14.9. The Morgan fingerprint density at radius 3 is 1.22 bits per heavy atom. The van der Waals surface area contributed by atoms with Crippen LogP contribution in [-0.2, 0) is 4.79 Å². The van der Waals surface area contributed by atoms with E-state index >= 15 is 0 Å². The summed E-state index contributed by atoms with van der Waals surface area (Å²) in [6.45, 7) is 3.92. The Labute approximate surface area is 309 Å². The van der Waals surface area contributed by atoms with Crippen molar-refractivity contribution in [3.63, 3.8) is 0 Å². The van der Waals surface area contributed by atoms with Gasteiger partial charge in [-0.25, -0.2) is 0 Å². The third-order valence-corrected chi connectivity index (χ3v) is 10.3. The quantitative estimate of drug-likeness (QED) is 0.0278. The lowest BCUT2D eigenvalue weighted by Crippen LogP contribution is -2.54. The predicted octanol–water partition coefficient (Wildman–Crippen LogP) is 9.99. The van der Waals surface area contributed by atoms with Crippen LogP contribution in [0.2, 0.25) is 0 Å². The monoisotopic (exact) mass is 712 g/mol. The predicted molar refractivity (Wildman–Crippen MR) is 211 cm³/mol. The first-order valence-corrected chi connectivity index (χ1v) is 21.7. The maximum atomic E-state index is 12.5. The van der Waals surface area contributed by atoms with Crippen molar-refractivity contribution in [2.75, 3.05) is 6.61 Å². The highest BCUT2D eigenvalue weighted by Gasteiger charge is 2.31. The van der Waals surface area contributed by atoms with Crippen LogP contribution in [0.25, 0.3) is 0 Å². The Morgan fingerprint density at radius 1 is 0.480 bits per heavy atom. The van der Waals surface area contributed by atoms with Gasteiger partial charge in [-0.1, -0.05) is 199 Å². The third-order valence-electron chi connectivity index (χ3n) is 10.3. The first kappa shape index (κ1) is 49.0. The minimum atomic E-state index is -1.64. The van der Waals surface area contributed by atoms with Crippen molar-refractivity contribution >= 4 is 5.91 Å². The molecule has 50 heavy (non-hydrogen) atoms. The zero-order valence-corrected chi connectivity index (χ0v) is 33.0. The fourth-order valence-electron chi connectivity index (χ4n) is 6.77. The molecule has 0 aliphatic rings. The molecule has 0 fully saturated rings. The van der Waals surface area contributed by atoms with Gasteiger partial charge in [0, 0.05) is 0 Å². The standard InChI is InChI=1S/C43H85NO6/c1-3-5-7-9-11-13-15-17-19-20-22-24-25-27-29-31-33-35-39(46)41(48)38(37-45)44-43(50)42(49)40(47)36-34-32-30-28-26-23-21-18-16-14-12-10-8-6-4-2/h9,11,38-42,45-49H,3-8,10,12-37H2,1-2H3,(H,44,50)/t38-,39-,40+,41+,42-/m1/s1. The van der Waals surface area contributed by atoms with Gasteiger partial charge in [-0.15, -0.1) is 0 Å². The van der Waals surface area contributed by atoms with E-state index in [1.165, 1.54) is 154 Å². The van der Waals surface area contributed by atoms with Crippen LogP contribution in [0.5, 0.6) is 0 Å². The SMILES string of the molecule is CCCCC=CCCCCCCCCCCCCC[C@@H](O)[C@@H](O)[C@@H](CO)NC(=O)[C@H](O)[C@@H](O)CCCCCCCCCCCCCCCCC. The molecule has 0 saturated heterocycles. The highest BCUT2D eigenvalue weighted by atomic mass is 16.3. The summed E-state index contributed by atoms with van der Waals surface area (Å²) < 4.78 is 0. The van der Waals surface area contributed by atoms with Gasteiger partial charge in [-0.2, -0.15) is 0 Å². The molecule has 0 heterocycles. The molecule has 0 saturated carbocycles. The van der Waals surface area contributed by atoms with Crippen LogP contribution in [0, 0.1) is 0 Å². The summed E-state index contributed by atoms with van der Waals surface area (Å²) in [6, 6.07) is -1.10. The third kappa shape index (κ3) is 30.6. The van der Waals surface area contributed by atoms with Gasteiger partial charge in [0.15, 0.2) is 6.10 Å². The van der Waals surface area contributed by atoms with Crippen LogP contribution in [0.1, 0.15) is 219 Å². The zero-order valence-electron chi connectivity index (χ0n) is 33.0. The number of nitrogens with one attached hydrogen (secondary N) is 1. The van der Waals surface area contributed by atoms with E-state index in [1.54, 1.807) is 0 Å². The highest BCUT2D eigenvalue weighted by molar-refractivity contribution is 5.81. The van der Waals surface area contributed by atoms with Gasteiger partial charge in [-0.3, -0.25) is 4.79 Å². The number of unbranched alkanes of at least 4 members (excludes halogenated alkanes) is 27. The smallest absolute Gasteiger partial charge is 0.251 e. The average Bonchev–Trinajstić information content (AvgIpc) is 3.12. The van der Waals surface area contributed by atoms with E-state index in [2.05, 4.69) is 31.3 Å². The lowest BCUT2D eigenvalue weighted by atomic mass is 9.98. The molecular weight excluding hydrogens is 626 g/mol. The molecule has 0 aliphatic carbocycles. The van der Waals surface area contributed by atoms with Crippen LogP contribution < -0.4 is 5.32 Å². The van der Waals surface area contributed by atoms with Crippen LogP contribution in [0.15, 0.2) is 12.2 Å². The van der Waals surface area contributed by atoms with Crippen LogP contribution in [0.3, 0.4) is 0 Å². The van der Waals surface area contributed by atoms with Crippen molar-refractivity contribution in [2.24, 2.45) is 0 Å². The molecule has 0 aromatic rings. The van der Waals surface area contributed by atoms with Crippen molar-refractivity contribution in [1.29, 1.82) is 0 Å². The Kier molecular flexibility index (Phi) is 37.0. The molecule has 0 aliphatic heterocycles. The number of allylic oxidation sites excluding steroid dienone is 2. The van der Waals surface area contributed by atoms with Gasteiger partial charge in [-0.05, 0) is 32.1 Å². The summed E-state index contributed by atoms with van der Waals surface area (Å²) in [5, 5.41) is 53.9. The zero-order chi connectivity index (χ0) is 36.9. The maximum Gasteiger partial charge on any atom is 0.251 e. The van der Waals surface area contributed by atoms with Gasteiger partial charge in [0.2, 0.25) is 0 Å². The maximum absolute atomic E-state index is 12.5. The van der Waals surface area contributed by atoms with Crippen molar-refractivity contribution in [1.82, 2.24) is 5.32 Å². The summed E-state index contributed by atoms with van der Waals surface area (Å²) in [5.74, 6) is -0.835. The van der Waals surface area contributed by atoms with E-state index < -0.39 is 43.0 Å². The molecule has 7 nitrogen and oxygen atoms in total. The number of aliphatic hydroxyl groups is 5. The topological polar surface area (TPSA) is 130 Å². The van der Waals surface area contributed by atoms with Crippen LogP contribution in [-0.4, -0.2) is 68.5 Å². The summed E-state index contributed by atoms with van der Waals surface area (Å²) in [4.78, 5) is 12.5.